The molecule has 112 valence electrons. The Morgan fingerprint density at radius 1 is 1.19 bits per heavy atom. The van der Waals surface area contributed by atoms with Gasteiger partial charge < -0.3 is 5.73 Å². The van der Waals surface area contributed by atoms with Crippen molar-refractivity contribution in [2.75, 3.05) is 0 Å². The van der Waals surface area contributed by atoms with Crippen molar-refractivity contribution in [3.8, 4) is 0 Å². The first-order valence-electron chi connectivity index (χ1n) is 7.48. The molecular formula is C18H24N2S. The van der Waals surface area contributed by atoms with Gasteiger partial charge in [0.05, 0.1) is 5.03 Å². The van der Waals surface area contributed by atoms with E-state index >= 15 is 0 Å². The molecule has 0 amide bonds. The van der Waals surface area contributed by atoms with Crippen LogP contribution < -0.4 is 5.73 Å². The molecule has 1 aromatic carbocycles. The second kappa shape index (κ2) is 7.62. The highest BCUT2D eigenvalue weighted by atomic mass is 32.2. The Labute approximate surface area is 132 Å². The van der Waals surface area contributed by atoms with Gasteiger partial charge in [0, 0.05) is 18.0 Å². The van der Waals surface area contributed by atoms with E-state index in [4.69, 9.17) is 5.73 Å². The van der Waals surface area contributed by atoms with E-state index in [2.05, 4.69) is 56.1 Å². The van der Waals surface area contributed by atoms with Crippen molar-refractivity contribution >= 4 is 11.8 Å². The van der Waals surface area contributed by atoms with E-state index in [1.54, 1.807) is 11.8 Å². The number of pyridine rings is 1. The Balaban J connectivity index is 2.01. The van der Waals surface area contributed by atoms with E-state index in [-0.39, 0.29) is 6.04 Å². The smallest absolute Gasteiger partial charge is 0.0992 e. The third-order valence-electron chi connectivity index (χ3n) is 3.57. The maximum absolute atomic E-state index is 6.01. The van der Waals surface area contributed by atoms with Crippen molar-refractivity contribution in [3.05, 3.63) is 58.8 Å². The second-order valence-electron chi connectivity index (χ2n) is 5.62. The lowest BCUT2D eigenvalue weighted by Gasteiger charge is -2.11. The SMILES string of the molecule is CCC(N)Cc1cnc(SCc2cccc(C)c2)c(C)c1. The summed E-state index contributed by atoms with van der Waals surface area (Å²) >= 11 is 1.80. The molecule has 1 atom stereocenters. The van der Waals surface area contributed by atoms with Gasteiger partial charge in [-0.25, -0.2) is 4.98 Å². The number of thioether (sulfide) groups is 1. The number of benzene rings is 1. The van der Waals surface area contributed by atoms with Crippen LogP contribution in [0.25, 0.3) is 0 Å². The highest BCUT2D eigenvalue weighted by Crippen LogP contribution is 2.25. The van der Waals surface area contributed by atoms with Crippen LogP contribution in [0.15, 0.2) is 41.6 Å². The van der Waals surface area contributed by atoms with Gasteiger partial charge >= 0.3 is 0 Å². The van der Waals surface area contributed by atoms with Gasteiger partial charge in [0.1, 0.15) is 0 Å². The monoisotopic (exact) mass is 300 g/mol. The summed E-state index contributed by atoms with van der Waals surface area (Å²) in [5, 5.41) is 1.12. The molecule has 2 rings (SSSR count). The lowest BCUT2D eigenvalue weighted by molar-refractivity contribution is 0.644. The van der Waals surface area contributed by atoms with Crippen LogP contribution in [0.5, 0.6) is 0 Å². The van der Waals surface area contributed by atoms with Crippen molar-refractivity contribution in [3.63, 3.8) is 0 Å². The fourth-order valence-electron chi connectivity index (χ4n) is 2.28. The summed E-state index contributed by atoms with van der Waals surface area (Å²) in [4.78, 5) is 4.61. The predicted molar refractivity (Wildman–Crippen MR) is 91.7 cm³/mol. The molecule has 1 heterocycles. The molecule has 2 N–H and O–H groups in total. The minimum absolute atomic E-state index is 0.233. The molecule has 0 radical (unpaired) electrons. The number of nitrogens with zero attached hydrogens (tertiary/aromatic N) is 1. The summed E-state index contributed by atoms with van der Waals surface area (Å²) in [5.74, 6) is 0.962. The third kappa shape index (κ3) is 4.87. The highest BCUT2D eigenvalue weighted by Gasteiger charge is 2.06. The zero-order valence-corrected chi connectivity index (χ0v) is 13.9. The first-order chi connectivity index (χ1) is 10.1. The topological polar surface area (TPSA) is 38.9 Å². The standard InChI is InChI=1S/C18H24N2S/c1-4-17(19)10-16-9-14(3)18(20-11-16)21-12-15-7-5-6-13(2)8-15/h5-9,11,17H,4,10,12,19H2,1-3H3. The lowest BCUT2D eigenvalue weighted by Crippen LogP contribution is -2.21. The largest absolute Gasteiger partial charge is 0.327 e. The van der Waals surface area contributed by atoms with Gasteiger partial charge in [-0.15, -0.1) is 11.8 Å². The molecule has 0 aliphatic rings. The third-order valence-corrected chi connectivity index (χ3v) is 4.75. The summed E-state index contributed by atoms with van der Waals surface area (Å²) in [6.45, 7) is 6.38. The molecule has 2 nitrogen and oxygen atoms in total. The van der Waals surface area contributed by atoms with Gasteiger partial charge in [0.15, 0.2) is 0 Å². The van der Waals surface area contributed by atoms with E-state index in [0.717, 1.165) is 23.6 Å². The Morgan fingerprint density at radius 3 is 2.67 bits per heavy atom. The van der Waals surface area contributed by atoms with Gasteiger partial charge in [0.2, 0.25) is 0 Å². The van der Waals surface area contributed by atoms with Crippen molar-refractivity contribution < 1.29 is 0 Å². The van der Waals surface area contributed by atoms with Crippen LogP contribution in [0.3, 0.4) is 0 Å². The summed E-state index contributed by atoms with van der Waals surface area (Å²) in [7, 11) is 0. The number of aryl methyl sites for hydroxylation is 2. The fourth-order valence-corrected chi connectivity index (χ4v) is 3.18. The van der Waals surface area contributed by atoms with Crippen molar-refractivity contribution in [2.45, 2.75) is 50.4 Å². The van der Waals surface area contributed by atoms with Crippen molar-refractivity contribution in [1.82, 2.24) is 4.98 Å². The van der Waals surface area contributed by atoms with Gasteiger partial charge in [-0.2, -0.15) is 0 Å². The van der Waals surface area contributed by atoms with Crippen molar-refractivity contribution in [2.24, 2.45) is 5.73 Å². The summed E-state index contributed by atoms with van der Waals surface area (Å²) in [6, 6.07) is 11.1. The lowest BCUT2D eigenvalue weighted by atomic mass is 10.1. The molecule has 0 aliphatic heterocycles. The maximum atomic E-state index is 6.01. The van der Waals surface area contributed by atoms with E-state index < -0.39 is 0 Å². The summed E-state index contributed by atoms with van der Waals surface area (Å²) in [5.41, 5.74) is 11.1. The van der Waals surface area contributed by atoms with Gasteiger partial charge in [-0.3, -0.25) is 0 Å². The van der Waals surface area contributed by atoms with Crippen molar-refractivity contribution in [1.29, 1.82) is 0 Å². The molecule has 0 fully saturated rings. The molecule has 0 spiro atoms. The van der Waals surface area contributed by atoms with E-state index in [1.165, 1.54) is 22.3 Å². The van der Waals surface area contributed by atoms with Gasteiger partial charge in [0.25, 0.3) is 0 Å². The molecule has 0 aliphatic carbocycles. The normalized spacial score (nSPS) is 12.4. The molecule has 1 unspecified atom stereocenters. The molecule has 0 saturated heterocycles. The zero-order valence-electron chi connectivity index (χ0n) is 13.1. The van der Waals surface area contributed by atoms with E-state index in [0.29, 0.717) is 0 Å². The number of aromatic nitrogens is 1. The molecule has 0 bridgehead atoms. The number of rotatable bonds is 6. The minimum Gasteiger partial charge on any atom is -0.327 e. The van der Waals surface area contributed by atoms with Crippen LogP contribution in [0, 0.1) is 13.8 Å². The second-order valence-corrected chi connectivity index (χ2v) is 6.58. The molecule has 0 saturated carbocycles. The summed E-state index contributed by atoms with van der Waals surface area (Å²) < 4.78 is 0. The number of nitrogens with two attached hydrogens (primary N) is 1. The average molecular weight is 300 g/mol. The number of hydrogen-bond donors (Lipinski definition) is 1. The predicted octanol–water partition coefficient (Wildman–Crippen LogP) is 4.27. The van der Waals surface area contributed by atoms with Crippen LogP contribution >= 0.6 is 11.8 Å². The average Bonchev–Trinajstić information content (AvgIpc) is 2.46. The highest BCUT2D eigenvalue weighted by molar-refractivity contribution is 7.98. The Kier molecular flexibility index (Phi) is 5.83. The fraction of sp³-hybridized carbons (Fsp3) is 0.389. The summed E-state index contributed by atoms with van der Waals surface area (Å²) in [6.07, 6.45) is 3.89. The molecule has 1 aromatic heterocycles. The molecule has 2 aromatic rings. The minimum atomic E-state index is 0.233. The molecular weight excluding hydrogens is 276 g/mol. The quantitative estimate of drug-likeness (QED) is 0.810. The van der Waals surface area contributed by atoms with Crippen LogP contribution in [0.1, 0.15) is 35.6 Å². The van der Waals surface area contributed by atoms with E-state index in [9.17, 15) is 0 Å². The van der Waals surface area contributed by atoms with Crippen LogP contribution in [0.4, 0.5) is 0 Å². The Bertz CT molecular complexity index is 596. The van der Waals surface area contributed by atoms with Gasteiger partial charge in [-0.05, 0) is 43.4 Å². The van der Waals surface area contributed by atoms with Crippen LogP contribution in [-0.2, 0) is 12.2 Å². The number of hydrogen-bond acceptors (Lipinski definition) is 3. The Hall–Kier alpha value is -1.32. The van der Waals surface area contributed by atoms with Crippen LogP contribution in [-0.4, -0.2) is 11.0 Å². The Morgan fingerprint density at radius 2 is 2.00 bits per heavy atom. The first kappa shape index (κ1) is 16.1. The molecule has 21 heavy (non-hydrogen) atoms. The maximum Gasteiger partial charge on any atom is 0.0992 e. The zero-order chi connectivity index (χ0) is 15.2. The van der Waals surface area contributed by atoms with E-state index in [1.807, 2.05) is 6.20 Å². The van der Waals surface area contributed by atoms with Crippen LogP contribution in [0.2, 0.25) is 0 Å². The first-order valence-corrected chi connectivity index (χ1v) is 8.46. The van der Waals surface area contributed by atoms with Gasteiger partial charge in [-0.1, -0.05) is 42.8 Å². The molecule has 3 heteroatoms.